The van der Waals surface area contributed by atoms with Crippen molar-refractivity contribution in [2.45, 2.75) is 6.90 Å². The van der Waals surface area contributed by atoms with E-state index in [0.717, 1.165) is 0 Å². The molecule has 0 amide bonds. The zero-order valence-electron chi connectivity index (χ0n) is 60.1. The zero-order chi connectivity index (χ0) is 64.6. The highest BCUT2D eigenvalue weighted by Crippen LogP contribution is 2.48. The molecule has 0 bridgehead atoms. The monoisotopic (exact) mass is 742 g/mol. The molecule has 12 aromatic rings. The van der Waals surface area contributed by atoms with E-state index in [1.54, 1.807) is 0 Å². The third-order valence-electron chi connectivity index (χ3n) is 9.79. The minimum absolute atomic E-state index is 0.421. The zero-order valence-corrected chi connectivity index (χ0v) is 28.1. The van der Waals surface area contributed by atoms with Gasteiger partial charge in [0.15, 0.2) is 0 Å². The first-order valence-electron chi connectivity index (χ1n) is 33.0. The molecule has 12 rings (SSSR count). The van der Waals surface area contributed by atoms with E-state index in [-0.39, 0.29) is 0 Å². The lowest BCUT2D eigenvalue weighted by Crippen LogP contribution is -1.93. The van der Waals surface area contributed by atoms with Gasteiger partial charge in [-0.1, -0.05) is 175 Å². The second kappa shape index (κ2) is 11.9. The molecular formula is C55H34O. The molecule has 260 valence electrons. The molecule has 1 heteroatoms. The topological polar surface area (TPSA) is 13.1 Å². The Bertz CT molecular complexity index is 5350. The first-order valence-corrected chi connectivity index (χ1v) is 16.8. The van der Waals surface area contributed by atoms with E-state index >= 15 is 0 Å². The summed E-state index contributed by atoms with van der Waals surface area (Å²) >= 11 is 0. The van der Waals surface area contributed by atoms with Gasteiger partial charge in [-0.2, -0.15) is 0 Å². The fourth-order valence-corrected chi connectivity index (χ4v) is 7.41. The lowest BCUT2D eigenvalue weighted by atomic mass is 9.83. The van der Waals surface area contributed by atoms with E-state index in [2.05, 4.69) is 0 Å². The van der Waals surface area contributed by atoms with Gasteiger partial charge in [0.25, 0.3) is 0 Å². The number of benzene rings is 11. The number of hydrogen-bond acceptors (Lipinski definition) is 1. The van der Waals surface area contributed by atoms with Crippen LogP contribution in [0, 0.1) is 6.90 Å². The van der Waals surface area contributed by atoms with Crippen LogP contribution in [-0.4, -0.2) is 0 Å². The maximum absolute atomic E-state index is 10.0. The SMILES string of the molecule is [2H]Cc1c(-c2c([2H])c([2H])c(-c3c4c([2H])c([2H])c([2H])c([2H])c4c(-c4c([2H])c([2H])c5c(oc6c7c([2H])c([2H])c([2H])c([2H])c7c7c([2H])c([2H])c([2H])c([2H])c7c65)c4[2H])c4c([2H])c([2H])c([2H])c([2H])c34)c3c([2H])c([2H])c([2H])c([2H])c23)c([2H])c([2H])c2c([2H])c([2H])c([2H])c([2H])c12. The summed E-state index contributed by atoms with van der Waals surface area (Å²) in [6, 6.07) is -29.3. The number of aryl methyl sites for hydroxylation is 1. The van der Waals surface area contributed by atoms with Crippen LogP contribution in [0.15, 0.2) is 192 Å². The van der Waals surface area contributed by atoms with E-state index in [1.165, 1.54) is 0 Å². The van der Waals surface area contributed by atoms with Crippen LogP contribution in [-0.2, 0) is 0 Å². The highest BCUT2D eigenvalue weighted by molar-refractivity contribution is 6.31. The molecule has 0 aliphatic heterocycles. The second-order valence-electron chi connectivity index (χ2n) is 12.6. The number of fused-ring (bicyclic) bond motifs is 12. The van der Waals surface area contributed by atoms with Crippen LogP contribution < -0.4 is 0 Å². The first kappa shape index (κ1) is 13.2. The van der Waals surface area contributed by atoms with Gasteiger partial charge >= 0.3 is 0 Å². The molecular weight excluding hydrogens is 677 g/mol. The van der Waals surface area contributed by atoms with Crippen molar-refractivity contribution in [3.05, 3.63) is 193 Å². The van der Waals surface area contributed by atoms with Gasteiger partial charge in [-0.15, -0.1) is 0 Å². The summed E-state index contributed by atoms with van der Waals surface area (Å²) in [5.41, 5.74) is -6.46. The van der Waals surface area contributed by atoms with Gasteiger partial charge in [-0.3, -0.25) is 0 Å². The molecule has 0 aliphatic carbocycles. The molecule has 56 heavy (non-hydrogen) atoms. The average molecular weight is 743 g/mol. The van der Waals surface area contributed by atoms with Crippen molar-refractivity contribution in [1.29, 1.82) is 0 Å². The quantitative estimate of drug-likeness (QED) is 0.130. The van der Waals surface area contributed by atoms with Gasteiger partial charge < -0.3 is 4.42 Å². The Morgan fingerprint density at radius 3 is 1.55 bits per heavy atom. The molecule has 11 aromatic carbocycles. The van der Waals surface area contributed by atoms with Gasteiger partial charge in [0, 0.05) is 17.5 Å². The Balaban J connectivity index is 1.35. The van der Waals surface area contributed by atoms with Gasteiger partial charge in [-0.05, 0) is 117 Å². The van der Waals surface area contributed by atoms with Crippen LogP contribution in [0.3, 0.4) is 0 Å². The lowest BCUT2D eigenvalue weighted by Gasteiger charge is -2.20. The standard InChI is InChI=1S/C55H34O/c1-33-36-15-3-2-14-34(36)26-28-37(33)42-30-31-48(39-17-5-4-16-38(39)42)53-46-23-11-9-21-44(46)52(45-22-10-12-24-47(45)53)35-27-29-50-51(32-35)56-55-49-25-13-7-19-41(49)40-18-6-8-20-43(40)54(50)55/h2-32H,1H3/i1D,2D,3D,4D,5D,6D,7D,8D,9D,10D,11D,12D,13D,14D,15D,16D,17D,18D,19D,20D,21D,22D,23D,24D,25D,26D,27D,28D,29D,30D,31D,32D. The summed E-state index contributed by atoms with van der Waals surface area (Å²) in [6.07, 6.45) is 0. The Morgan fingerprint density at radius 2 is 0.875 bits per heavy atom. The fourth-order valence-electron chi connectivity index (χ4n) is 7.41. The summed E-state index contributed by atoms with van der Waals surface area (Å²) < 4.78 is 300. The molecule has 1 heterocycles. The van der Waals surface area contributed by atoms with Crippen molar-refractivity contribution in [3.8, 4) is 33.4 Å². The molecule has 0 aliphatic rings. The molecule has 0 saturated carbocycles. The first-order chi connectivity index (χ1) is 41.2. The van der Waals surface area contributed by atoms with Crippen LogP contribution in [0.25, 0.3) is 120 Å². The van der Waals surface area contributed by atoms with Gasteiger partial charge in [-0.25, -0.2) is 0 Å². The minimum atomic E-state index is -1.13. The molecule has 1 nitrogen and oxygen atoms in total. The van der Waals surface area contributed by atoms with E-state index in [1.807, 2.05) is 0 Å². The second-order valence-corrected chi connectivity index (χ2v) is 12.6. The molecule has 0 atom stereocenters. The Hall–Kier alpha value is -7.22. The molecule has 0 spiro atoms. The minimum Gasteiger partial charge on any atom is -0.455 e. The lowest BCUT2D eigenvalue weighted by molar-refractivity contribution is 0.673. The third kappa shape index (κ3) is 4.37. The van der Waals surface area contributed by atoms with Crippen LogP contribution in [0.1, 0.15) is 49.4 Å². The van der Waals surface area contributed by atoms with Crippen molar-refractivity contribution < 1.29 is 48.3 Å². The maximum Gasteiger partial charge on any atom is 0.143 e. The smallest absolute Gasteiger partial charge is 0.143 e. The van der Waals surface area contributed by atoms with E-state index in [0.29, 0.717) is 0 Å². The fraction of sp³-hybridized carbons (Fsp3) is 0.0182. The van der Waals surface area contributed by atoms with Crippen molar-refractivity contribution in [2.24, 2.45) is 0 Å². The molecule has 0 N–H and O–H groups in total. The normalized spacial score (nSPS) is 20.0. The van der Waals surface area contributed by atoms with E-state index < -0.39 is 320 Å². The Morgan fingerprint density at radius 1 is 0.375 bits per heavy atom. The maximum atomic E-state index is 10.0. The summed E-state index contributed by atoms with van der Waals surface area (Å²) in [7, 11) is 0. The van der Waals surface area contributed by atoms with Crippen molar-refractivity contribution in [3.63, 3.8) is 0 Å². The van der Waals surface area contributed by atoms with Gasteiger partial charge in [0.05, 0.1) is 42.5 Å². The molecule has 0 saturated heterocycles. The van der Waals surface area contributed by atoms with Crippen molar-refractivity contribution >= 4 is 86.6 Å². The van der Waals surface area contributed by atoms with Crippen LogP contribution in [0.2, 0.25) is 0 Å². The van der Waals surface area contributed by atoms with Crippen molar-refractivity contribution in [2.75, 3.05) is 0 Å². The number of furan rings is 1. The molecule has 0 radical (unpaired) electrons. The summed E-state index contributed by atoms with van der Waals surface area (Å²) in [4.78, 5) is 0. The van der Waals surface area contributed by atoms with E-state index in [9.17, 15) is 16.4 Å². The van der Waals surface area contributed by atoms with E-state index in [4.69, 9.17) is 31.8 Å². The highest BCUT2D eigenvalue weighted by Gasteiger charge is 2.21. The number of rotatable bonds is 3. The number of hydrogen-bond donors (Lipinski definition) is 0. The van der Waals surface area contributed by atoms with Crippen LogP contribution in [0.5, 0.6) is 0 Å². The summed E-state index contributed by atoms with van der Waals surface area (Å²) in [5.74, 6) is 0. The predicted octanol–water partition coefficient (Wildman–Crippen LogP) is 15.8. The molecule has 1 aromatic heterocycles. The largest absolute Gasteiger partial charge is 0.455 e. The predicted molar refractivity (Wildman–Crippen MR) is 240 cm³/mol. The Labute approximate surface area is 368 Å². The van der Waals surface area contributed by atoms with Gasteiger partial charge in [0.1, 0.15) is 11.2 Å². The third-order valence-corrected chi connectivity index (χ3v) is 9.79. The Kier molecular flexibility index (Phi) is 2.81. The molecule has 0 unspecified atom stereocenters. The van der Waals surface area contributed by atoms with Crippen LogP contribution in [0.4, 0.5) is 0 Å². The average Bonchev–Trinajstić information content (AvgIpc) is 1.27. The van der Waals surface area contributed by atoms with Crippen LogP contribution >= 0.6 is 0 Å². The molecule has 0 fully saturated rings. The highest BCUT2D eigenvalue weighted by atomic mass is 16.3. The van der Waals surface area contributed by atoms with Gasteiger partial charge in [0.2, 0.25) is 0 Å². The summed E-state index contributed by atoms with van der Waals surface area (Å²) in [5, 5.41) is -8.63. The summed E-state index contributed by atoms with van der Waals surface area (Å²) in [6.45, 7) is -0.958. The van der Waals surface area contributed by atoms with Crippen molar-refractivity contribution in [1.82, 2.24) is 0 Å².